The molecule has 4 heteroatoms. The van der Waals surface area contributed by atoms with Gasteiger partial charge in [-0.05, 0) is 19.3 Å². The predicted octanol–water partition coefficient (Wildman–Crippen LogP) is 0.868. The summed E-state index contributed by atoms with van der Waals surface area (Å²) in [4.78, 5) is 4.07. The molecule has 3 rings (SSSR count). The minimum absolute atomic E-state index is 0.0634. The van der Waals surface area contributed by atoms with E-state index in [1.807, 2.05) is 0 Å². The summed E-state index contributed by atoms with van der Waals surface area (Å²) in [6.07, 6.45) is 7.75. The zero-order chi connectivity index (χ0) is 9.54. The van der Waals surface area contributed by atoms with Gasteiger partial charge in [0, 0.05) is 0 Å². The molecule has 14 heavy (non-hydrogen) atoms. The van der Waals surface area contributed by atoms with Crippen LogP contribution in [-0.2, 0) is 11.3 Å². The van der Waals surface area contributed by atoms with Crippen molar-refractivity contribution in [1.29, 1.82) is 0 Å². The second-order valence-corrected chi connectivity index (χ2v) is 4.13. The van der Waals surface area contributed by atoms with Crippen LogP contribution in [0.3, 0.4) is 0 Å². The summed E-state index contributed by atoms with van der Waals surface area (Å²) < 4.78 is 7.85. The summed E-state index contributed by atoms with van der Waals surface area (Å²) in [7, 11) is 0. The third-order valence-electron chi connectivity index (χ3n) is 3.34. The Kier molecular flexibility index (Phi) is 1.85. The minimum atomic E-state index is 0.0634. The van der Waals surface area contributed by atoms with Crippen molar-refractivity contribution in [3.8, 4) is 0 Å². The van der Waals surface area contributed by atoms with Crippen molar-refractivity contribution in [2.24, 2.45) is 0 Å². The number of aromatic nitrogens is 2. The molecule has 76 valence electrons. The van der Waals surface area contributed by atoms with Crippen molar-refractivity contribution in [2.75, 3.05) is 0 Å². The highest BCUT2D eigenvalue weighted by Gasteiger charge is 2.42. The lowest BCUT2D eigenvalue weighted by Gasteiger charge is -2.21. The number of imidazole rings is 1. The molecule has 0 aliphatic carbocycles. The van der Waals surface area contributed by atoms with Crippen LogP contribution in [0, 0.1) is 0 Å². The standard InChI is InChI=1S/C10H14N2O2/c13-5-7-4-11-6-12(7)9-3-8-1-2-10(9)14-8/h4,6,8-10,13H,1-3,5H2. The van der Waals surface area contributed by atoms with Crippen LogP contribution in [0.5, 0.6) is 0 Å². The molecule has 3 heterocycles. The van der Waals surface area contributed by atoms with Crippen molar-refractivity contribution in [3.63, 3.8) is 0 Å². The first-order valence-electron chi connectivity index (χ1n) is 5.15. The van der Waals surface area contributed by atoms with E-state index >= 15 is 0 Å². The number of ether oxygens (including phenoxy) is 1. The molecule has 4 nitrogen and oxygen atoms in total. The van der Waals surface area contributed by atoms with Gasteiger partial charge in [0.05, 0.1) is 43.1 Å². The highest BCUT2D eigenvalue weighted by atomic mass is 16.5. The van der Waals surface area contributed by atoms with E-state index in [9.17, 15) is 0 Å². The fourth-order valence-electron chi connectivity index (χ4n) is 2.66. The normalized spacial score (nSPS) is 35.4. The van der Waals surface area contributed by atoms with E-state index in [2.05, 4.69) is 9.55 Å². The fourth-order valence-corrected chi connectivity index (χ4v) is 2.66. The summed E-state index contributed by atoms with van der Waals surface area (Å²) in [5, 5.41) is 9.14. The highest BCUT2D eigenvalue weighted by molar-refractivity contribution is 5.03. The molecule has 0 spiro atoms. The summed E-state index contributed by atoms with van der Waals surface area (Å²) in [5.74, 6) is 0. The van der Waals surface area contributed by atoms with Crippen molar-refractivity contribution < 1.29 is 9.84 Å². The van der Waals surface area contributed by atoms with E-state index < -0.39 is 0 Å². The molecule has 3 atom stereocenters. The average molecular weight is 194 g/mol. The van der Waals surface area contributed by atoms with Gasteiger partial charge in [0.25, 0.3) is 0 Å². The third-order valence-corrected chi connectivity index (χ3v) is 3.34. The number of hydrogen-bond acceptors (Lipinski definition) is 3. The van der Waals surface area contributed by atoms with Crippen LogP contribution in [0.2, 0.25) is 0 Å². The molecule has 0 amide bonds. The predicted molar refractivity (Wildman–Crippen MR) is 49.7 cm³/mol. The first kappa shape index (κ1) is 8.44. The Hall–Kier alpha value is -0.870. The monoisotopic (exact) mass is 194 g/mol. The number of nitrogens with zero attached hydrogens (tertiary/aromatic N) is 2. The second kappa shape index (κ2) is 3.07. The fraction of sp³-hybridized carbons (Fsp3) is 0.700. The zero-order valence-electron chi connectivity index (χ0n) is 7.97. The first-order chi connectivity index (χ1) is 6.88. The Labute approximate surface area is 82.5 Å². The molecule has 1 N–H and O–H groups in total. The average Bonchev–Trinajstić information content (AvgIpc) is 2.92. The van der Waals surface area contributed by atoms with E-state index in [1.54, 1.807) is 12.5 Å². The number of aliphatic hydroxyl groups excluding tert-OH is 1. The van der Waals surface area contributed by atoms with Gasteiger partial charge in [-0.25, -0.2) is 4.98 Å². The van der Waals surface area contributed by atoms with Gasteiger partial charge in [0.2, 0.25) is 0 Å². The molecule has 0 aromatic carbocycles. The molecule has 2 bridgehead atoms. The van der Waals surface area contributed by atoms with E-state index in [1.165, 1.54) is 6.42 Å². The van der Waals surface area contributed by atoms with Gasteiger partial charge in [0.15, 0.2) is 0 Å². The maximum Gasteiger partial charge on any atom is 0.0952 e. The first-order valence-corrected chi connectivity index (χ1v) is 5.15. The Morgan fingerprint density at radius 3 is 3.14 bits per heavy atom. The number of fused-ring (bicyclic) bond motifs is 2. The van der Waals surface area contributed by atoms with E-state index in [4.69, 9.17) is 9.84 Å². The SMILES string of the molecule is OCc1cncn1C1CC2CCC1O2. The van der Waals surface area contributed by atoms with Crippen molar-refractivity contribution in [2.45, 2.75) is 44.1 Å². The van der Waals surface area contributed by atoms with Crippen molar-refractivity contribution in [1.82, 2.24) is 9.55 Å². The van der Waals surface area contributed by atoms with E-state index in [-0.39, 0.29) is 6.61 Å². The number of rotatable bonds is 2. The molecule has 2 aliphatic heterocycles. The molecule has 0 saturated carbocycles. The van der Waals surface area contributed by atoms with Gasteiger partial charge in [-0.3, -0.25) is 0 Å². The lowest BCUT2D eigenvalue weighted by molar-refractivity contribution is 0.0929. The van der Waals surface area contributed by atoms with E-state index in [0.29, 0.717) is 18.2 Å². The molecular formula is C10H14N2O2. The Morgan fingerprint density at radius 1 is 1.57 bits per heavy atom. The lowest BCUT2D eigenvalue weighted by atomic mass is 9.95. The summed E-state index contributed by atoms with van der Waals surface area (Å²) in [5.41, 5.74) is 0.895. The molecule has 1 aromatic rings. The van der Waals surface area contributed by atoms with Crippen LogP contribution in [-0.4, -0.2) is 26.9 Å². The van der Waals surface area contributed by atoms with Crippen LogP contribution in [0.15, 0.2) is 12.5 Å². The lowest BCUT2D eigenvalue weighted by Crippen LogP contribution is -2.21. The van der Waals surface area contributed by atoms with Crippen LogP contribution in [0.1, 0.15) is 31.0 Å². The molecule has 0 radical (unpaired) electrons. The molecule has 2 saturated heterocycles. The Balaban J connectivity index is 1.89. The molecule has 2 aliphatic rings. The van der Waals surface area contributed by atoms with Crippen LogP contribution < -0.4 is 0 Å². The third kappa shape index (κ3) is 1.11. The Bertz CT molecular complexity index is 337. The minimum Gasteiger partial charge on any atom is -0.390 e. The molecule has 1 aromatic heterocycles. The van der Waals surface area contributed by atoms with Crippen LogP contribution in [0.25, 0.3) is 0 Å². The summed E-state index contributed by atoms with van der Waals surface area (Å²) >= 11 is 0. The maximum absolute atomic E-state index is 9.14. The largest absolute Gasteiger partial charge is 0.390 e. The topological polar surface area (TPSA) is 47.3 Å². The number of hydrogen-bond donors (Lipinski definition) is 1. The molecule has 3 unspecified atom stereocenters. The second-order valence-electron chi connectivity index (χ2n) is 4.13. The zero-order valence-corrected chi connectivity index (χ0v) is 7.97. The van der Waals surface area contributed by atoms with Crippen LogP contribution >= 0.6 is 0 Å². The van der Waals surface area contributed by atoms with Gasteiger partial charge in [0.1, 0.15) is 0 Å². The molecular weight excluding hydrogens is 180 g/mol. The van der Waals surface area contributed by atoms with Gasteiger partial charge in [-0.2, -0.15) is 0 Å². The number of aliphatic hydroxyl groups is 1. The smallest absolute Gasteiger partial charge is 0.0952 e. The van der Waals surface area contributed by atoms with Gasteiger partial charge >= 0.3 is 0 Å². The van der Waals surface area contributed by atoms with Crippen molar-refractivity contribution in [3.05, 3.63) is 18.2 Å². The molecule has 2 fully saturated rings. The van der Waals surface area contributed by atoms with Gasteiger partial charge < -0.3 is 14.4 Å². The summed E-state index contributed by atoms with van der Waals surface area (Å²) in [6, 6.07) is 0.401. The van der Waals surface area contributed by atoms with Gasteiger partial charge in [-0.15, -0.1) is 0 Å². The van der Waals surface area contributed by atoms with Gasteiger partial charge in [-0.1, -0.05) is 0 Å². The summed E-state index contributed by atoms with van der Waals surface area (Å²) in [6.45, 7) is 0.0634. The Morgan fingerprint density at radius 2 is 2.50 bits per heavy atom. The highest BCUT2D eigenvalue weighted by Crippen LogP contribution is 2.41. The quantitative estimate of drug-likeness (QED) is 0.759. The van der Waals surface area contributed by atoms with Crippen LogP contribution in [0.4, 0.5) is 0 Å². The van der Waals surface area contributed by atoms with E-state index in [0.717, 1.165) is 18.5 Å². The van der Waals surface area contributed by atoms with Crippen molar-refractivity contribution >= 4 is 0 Å². The maximum atomic E-state index is 9.14.